The maximum absolute atomic E-state index is 13.0. The standard InChI is InChI=1S/C19H24N4O3/c1-13-17(3-2-6-26-13)19(25)23-11-15-4-5-16(23)10-22(15)18(24)7-14-8-20-12-21-9-14/h8-9,12,15-16H,2-7,10-11H2,1H3. The summed E-state index contributed by atoms with van der Waals surface area (Å²) < 4.78 is 5.56. The molecule has 1 aromatic heterocycles. The van der Waals surface area contributed by atoms with Gasteiger partial charge in [-0.2, -0.15) is 0 Å². The van der Waals surface area contributed by atoms with Gasteiger partial charge in [-0.15, -0.1) is 0 Å². The normalized spacial score (nSPS) is 25.3. The van der Waals surface area contributed by atoms with Crippen molar-refractivity contribution in [2.45, 2.75) is 51.1 Å². The molecule has 0 aliphatic carbocycles. The van der Waals surface area contributed by atoms with Crippen molar-refractivity contribution < 1.29 is 14.3 Å². The number of aromatic nitrogens is 2. The number of nitrogens with zero attached hydrogens (tertiary/aromatic N) is 4. The quantitative estimate of drug-likeness (QED) is 0.816. The van der Waals surface area contributed by atoms with Crippen LogP contribution in [0.3, 0.4) is 0 Å². The molecule has 0 radical (unpaired) electrons. The van der Waals surface area contributed by atoms with Crippen molar-refractivity contribution in [3.63, 3.8) is 0 Å². The van der Waals surface area contributed by atoms with Crippen LogP contribution in [-0.4, -0.2) is 63.4 Å². The lowest BCUT2D eigenvalue weighted by atomic mass is 9.89. The van der Waals surface area contributed by atoms with Crippen LogP contribution in [0.15, 0.2) is 30.1 Å². The Balaban J connectivity index is 1.44. The van der Waals surface area contributed by atoms with Crippen LogP contribution in [0.2, 0.25) is 0 Å². The lowest BCUT2D eigenvalue weighted by Gasteiger charge is -2.51. The zero-order chi connectivity index (χ0) is 18.1. The zero-order valence-corrected chi connectivity index (χ0v) is 15.1. The molecule has 0 N–H and O–H groups in total. The number of amides is 2. The molecule has 7 heteroatoms. The van der Waals surface area contributed by atoms with E-state index in [-0.39, 0.29) is 23.9 Å². The Morgan fingerprint density at radius 3 is 2.50 bits per heavy atom. The second kappa shape index (κ2) is 7.05. The second-order valence-corrected chi connectivity index (χ2v) is 7.30. The molecule has 2 atom stereocenters. The van der Waals surface area contributed by atoms with Gasteiger partial charge < -0.3 is 14.5 Å². The molecular formula is C19H24N4O3. The van der Waals surface area contributed by atoms with Crippen molar-refractivity contribution in [2.75, 3.05) is 19.7 Å². The van der Waals surface area contributed by atoms with Crippen molar-refractivity contribution in [3.8, 4) is 0 Å². The van der Waals surface area contributed by atoms with Gasteiger partial charge in [-0.1, -0.05) is 0 Å². The van der Waals surface area contributed by atoms with E-state index in [9.17, 15) is 9.59 Å². The average Bonchev–Trinajstić information content (AvgIpc) is 2.69. The minimum Gasteiger partial charge on any atom is -0.498 e. The van der Waals surface area contributed by atoms with Crippen molar-refractivity contribution in [1.82, 2.24) is 19.8 Å². The number of carbonyl (C=O) groups excluding carboxylic acids is 2. The van der Waals surface area contributed by atoms with Crippen LogP contribution in [0.1, 0.15) is 38.2 Å². The van der Waals surface area contributed by atoms with Gasteiger partial charge in [-0.25, -0.2) is 9.97 Å². The van der Waals surface area contributed by atoms with Gasteiger partial charge in [-0.3, -0.25) is 9.59 Å². The third kappa shape index (κ3) is 3.18. The van der Waals surface area contributed by atoms with Crippen molar-refractivity contribution in [1.29, 1.82) is 0 Å². The summed E-state index contributed by atoms with van der Waals surface area (Å²) in [6, 6.07) is 0.206. The number of piperazine rings is 1. The molecule has 5 rings (SSSR count). The largest absolute Gasteiger partial charge is 0.498 e. The van der Waals surface area contributed by atoms with E-state index in [1.54, 1.807) is 12.4 Å². The second-order valence-electron chi connectivity index (χ2n) is 7.30. The highest BCUT2D eigenvalue weighted by Gasteiger charge is 2.43. The topological polar surface area (TPSA) is 75.6 Å². The van der Waals surface area contributed by atoms with Gasteiger partial charge in [0.2, 0.25) is 5.91 Å². The molecule has 0 spiro atoms. The third-order valence-electron chi connectivity index (χ3n) is 5.65. The molecule has 26 heavy (non-hydrogen) atoms. The van der Waals surface area contributed by atoms with Crippen LogP contribution in [-0.2, 0) is 20.7 Å². The third-order valence-corrected chi connectivity index (χ3v) is 5.65. The minimum atomic E-state index is 0.0954. The summed E-state index contributed by atoms with van der Waals surface area (Å²) >= 11 is 0. The molecule has 7 nitrogen and oxygen atoms in total. The van der Waals surface area contributed by atoms with Gasteiger partial charge in [0.25, 0.3) is 5.91 Å². The first-order valence-electron chi connectivity index (χ1n) is 9.30. The number of carbonyl (C=O) groups is 2. The predicted octanol–water partition coefficient (Wildman–Crippen LogP) is 1.31. The summed E-state index contributed by atoms with van der Waals surface area (Å²) in [6.07, 6.45) is 8.74. The fourth-order valence-electron chi connectivity index (χ4n) is 4.25. The van der Waals surface area contributed by atoms with Gasteiger partial charge in [0.15, 0.2) is 0 Å². The van der Waals surface area contributed by atoms with Gasteiger partial charge in [0, 0.05) is 37.6 Å². The van der Waals surface area contributed by atoms with E-state index in [2.05, 4.69) is 9.97 Å². The van der Waals surface area contributed by atoms with Crippen molar-refractivity contribution >= 4 is 11.8 Å². The summed E-state index contributed by atoms with van der Waals surface area (Å²) in [5.41, 5.74) is 1.63. The molecule has 5 heterocycles. The van der Waals surface area contributed by atoms with Crippen LogP contribution in [0, 0.1) is 0 Å². The van der Waals surface area contributed by atoms with Crippen LogP contribution in [0.5, 0.6) is 0 Å². The monoisotopic (exact) mass is 356 g/mol. The summed E-state index contributed by atoms with van der Waals surface area (Å²) in [5, 5.41) is 0. The summed E-state index contributed by atoms with van der Waals surface area (Å²) in [6.45, 7) is 3.82. The van der Waals surface area contributed by atoms with Crippen LogP contribution < -0.4 is 0 Å². The van der Waals surface area contributed by atoms with Gasteiger partial charge in [0.05, 0.1) is 18.6 Å². The Labute approximate surface area is 153 Å². The Bertz CT molecular complexity index is 734. The van der Waals surface area contributed by atoms with Crippen LogP contribution >= 0.6 is 0 Å². The van der Waals surface area contributed by atoms with E-state index in [4.69, 9.17) is 4.74 Å². The number of hydrogen-bond donors (Lipinski definition) is 0. The highest BCUT2D eigenvalue weighted by molar-refractivity contribution is 5.94. The number of rotatable bonds is 3. The maximum atomic E-state index is 13.0. The summed E-state index contributed by atoms with van der Waals surface area (Å²) in [5.74, 6) is 0.957. The molecule has 0 aromatic carbocycles. The lowest BCUT2D eigenvalue weighted by Crippen LogP contribution is -2.65. The Hall–Kier alpha value is -2.44. The fraction of sp³-hybridized carbons (Fsp3) is 0.579. The first-order valence-corrected chi connectivity index (χ1v) is 9.30. The maximum Gasteiger partial charge on any atom is 0.253 e. The van der Waals surface area contributed by atoms with E-state index in [1.165, 1.54) is 6.33 Å². The minimum absolute atomic E-state index is 0.0954. The molecule has 2 amide bonds. The smallest absolute Gasteiger partial charge is 0.253 e. The first kappa shape index (κ1) is 17.0. The van der Waals surface area contributed by atoms with E-state index in [0.29, 0.717) is 26.1 Å². The summed E-state index contributed by atoms with van der Waals surface area (Å²) in [4.78, 5) is 37.6. The van der Waals surface area contributed by atoms with Gasteiger partial charge >= 0.3 is 0 Å². The Kier molecular flexibility index (Phi) is 4.61. The van der Waals surface area contributed by atoms with Crippen LogP contribution in [0.25, 0.3) is 0 Å². The number of hydrogen-bond acceptors (Lipinski definition) is 5. The molecular weight excluding hydrogens is 332 g/mol. The predicted molar refractivity (Wildman–Crippen MR) is 93.9 cm³/mol. The molecule has 2 bridgehead atoms. The van der Waals surface area contributed by atoms with Gasteiger partial charge in [-0.05, 0) is 38.2 Å². The first-order chi connectivity index (χ1) is 12.6. The average molecular weight is 356 g/mol. The van der Waals surface area contributed by atoms with Crippen molar-refractivity contribution in [3.05, 3.63) is 35.6 Å². The Morgan fingerprint density at radius 1 is 1.15 bits per heavy atom. The molecule has 3 saturated heterocycles. The van der Waals surface area contributed by atoms with E-state index < -0.39 is 0 Å². The molecule has 0 saturated carbocycles. The number of allylic oxidation sites excluding steroid dienone is 1. The molecule has 4 aliphatic rings. The molecule has 4 aliphatic heterocycles. The number of piperidine rings is 2. The highest BCUT2D eigenvalue weighted by Crippen LogP contribution is 2.32. The SMILES string of the molecule is CC1=C(C(=O)N2CC3CCC2CN3C(=O)Cc2cncnc2)CCCO1. The number of ether oxygens (including phenoxy) is 1. The highest BCUT2D eigenvalue weighted by atomic mass is 16.5. The van der Waals surface area contributed by atoms with Gasteiger partial charge in [0.1, 0.15) is 12.1 Å². The molecule has 2 unspecified atom stereocenters. The lowest BCUT2D eigenvalue weighted by molar-refractivity contribution is -0.149. The van der Waals surface area contributed by atoms with Crippen molar-refractivity contribution in [2.24, 2.45) is 0 Å². The van der Waals surface area contributed by atoms with E-state index in [1.807, 2.05) is 16.7 Å². The Morgan fingerprint density at radius 2 is 1.85 bits per heavy atom. The van der Waals surface area contributed by atoms with E-state index in [0.717, 1.165) is 42.6 Å². The van der Waals surface area contributed by atoms with E-state index >= 15 is 0 Å². The fourth-order valence-corrected chi connectivity index (χ4v) is 4.25. The molecule has 3 fully saturated rings. The molecule has 138 valence electrons. The summed E-state index contributed by atoms with van der Waals surface area (Å²) in [7, 11) is 0. The number of fused-ring (bicyclic) bond motifs is 3. The molecule has 1 aromatic rings. The zero-order valence-electron chi connectivity index (χ0n) is 15.1. The van der Waals surface area contributed by atoms with Crippen LogP contribution in [0.4, 0.5) is 0 Å².